The molecule has 0 radical (unpaired) electrons. The molecule has 3 heterocycles. The lowest BCUT2D eigenvalue weighted by atomic mass is 9.83. The summed E-state index contributed by atoms with van der Waals surface area (Å²) in [6.45, 7) is 3.46. The number of nitrogens with one attached hydrogen (secondary N) is 1. The van der Waals surface area contributed by atoms with Crippen LogP contribution in [-0.4, -0.2) is 48.1 Å². The monoisotopic (exact) mass is 294 g/mol. The summed E-state index contributed by atoms with van der Waals surface area (Å²) >= 11 is 1.53. The molecule has 1 aromatic heterocycles. The highest BCUT2D eigenvalue weighted by atomic mass is 32.1. The van der Waals surface area contributed by atoms with Crippen LogP contribution >= 0.6 is 11.3 Å². The quantitative estimate of drug-likeness (QED) is 0.848. The van der Waals surface area contributed by atoms with Gasteiger partial charge < -0.3 is 15.0 Å². The minimum Gasteiger partial charge on any atom is -0.363 e. The highest BCUT2D eigenvalue weighted by Gasteiger charge is 2.44. The molecule has 1 atom stereocenters. The number of piperidine rings is 1. The van der Waals surface area contributed by atoms with Crippen molar-refractivity contribution in [2.75, 3.05) is 19.7 Å². The second-order valence-corrected chi connectivity index (χ2v) is 6.23. The molecule has 1 aromatic rings. The average molecular weight is 294 g/mol. The number of ether oxygens (including phenoxy) is 1. The van der Waals surface area contributed by atoms with E-state index in [0.717, 1.165) is 18.4 Å². The van der Waals surface area contributed by atoms with Crippen LogP contribution in [0.5, 0.6) is 0 Å². The Bertz CT molecular complexity index is 506. The normalized spacial score (nSPS) is 25.6. The smallest absolute Gasteiger partial charge is 0.254 e. The highest BCUT2D eigenvalue weighted by Crippen LogP contribution is 2.32. The Morgan fingerprint density at radius 3 is 2.85 bits per heavy atom. The van der Waals surface area contributed by atoms with Gasteiger partial charge in [-0.25, -0.2) is 0 Å². The van der Waals surface area contributed by atoms with E-state index in [2.05, 4.69) is 5.32 Å². The summed E-state index contributed by atoms with van der Waals surface area (Å²) < 4.78 is 5.80. The first-order chi connectivity index (χ1) is 9.61. The SMILES string of the molecule is C[C@@H]1NC(=O)COC12CCN(C(=O)c1ccsc1)CC2. The van der Waals surface area contributed by atoms with Crippen molar-refractivity contribution >= 4 is 23.2 Å². The molecule has 1 N–H and O–H groups in total. The Morgan fingerprint density at radius 1 is 1.50 bits per heavy atom. The molecule has 2 aliphatic heterocycles. The first-order valence-electron chi connectivity index (χ1n) is 6.85. The summed E-state index contributed by atoms with van der Waals surface area (Å²) in [6, 6.07) is 1.86. The molecular weight excluding hydrogens is 276 g/mol. The van der Waals surface area contributed by atoms with E-state index in [0.29, 0.717) is 13.1 Å². The third-order valence-electron chi connectivity index (χ3n) is 4.32. The molecule has 5 nitrogen and oxygen atoms in total. The maximum absolute atomic E-state index is 12.3. The topological polar surface area (TPSA) is 58.6 Å². The molecule has 3 rings (SSSR count). The maximum Gasteiger partial charge on any atom is 0.254 e. The predicted molar refractivity (Wildman–Crippen MR) is 75.7 cm³/mol. The Kier molecular flexibility index (Phi) is 3.52. The van der Waals surface area contributed by atoms with Gasteiger partial charge in [-0.05, 0) is 31.2 Å². The fourth-order valence-electron chi connectivity index (χ4n) is 2.98. The van der Waals surface area contributed by atoms with Gasteiger partial charge in [0.15, 0.2) is 0 Å². The van der Waals surface area contributed by atoms with E-state index in [1.54, 1.807) is 0 Å². The highest BCUT2D eigenvalue weighted by molar-refractivity contribution is 7.08. The molecule has 20 heavy (non-hydrogen) atoms. The van der Waals surface area contributed by atoms with Crippen LogP contribution in [0.1, 0.15) is 30.1 Å². The number of likely N-dealkylation sites (tertiary alicyclic amines) is 1. The number of hydrogen-bond donors (Lipinski definition) is 1. The maximum atomic E-state index is 12.3. The Hall–Kier alpha value is -1.40. The number of amides is 2. The summed E-state index contributed by atoms with van der Waals surface area (Å²) in [7, 11) is 0. The van der Waals surface area contributed by atoms with Gasteiger partial charge in [-0.3, -0.25) is 9.59 Å². The van der Waals surface area contributed by atoms with E-state index in [9.17, 15) is 9.59 Å². The van der Waals surface area contributed by atoms with Crippen molar-refractivity contribution in [1.82, 2.24) is 10.2 Å². The zero-order valence-electron chi connectivity index (χ0n) is 11.4. The molecule has 108 valence electrons. The van der Waals surface area contributed by atoms with Crippen molar-refractivity contribution in [3.63, 3.8) is 0 Å². The number of nitrogens with zero attached hydrogens (tertiary/aromatic N) is 1. The van der Waals surface area contributed by atoms with Crippen molar-refractivity contribution in [2.24, 2.45) is 0 Å². The molecule has 2 amide bonds. The molecule has 2 aliphatic rings. The summed E-state index contributed by atoms with van der Waals surface area (Å²) in [5.74, 6) is 0.0357. The average Bonchev–Trinajstić information content (AvgIpc) is 2.98. The number of hydrogen-bond acceptors (Lipinski definition) is 4. The number of morpholine rings is 1. The van der Waals surface area contributed by atoms with E-state index in [1.165, 1.54) is 11.3 Å². The Morgan fingerprint density at radius 2 is 2.25 bits per heavy atom. The number of thiophene rings is 1. The second-order valence-electron chi connectivity index (χ2n) is 5.45. The molecule has 2 fully saturated rings. The van der Waals surface area contributed by atoms with Crippen molar-refractivity contribution in [3.05, 3.63) is 22.4 Å². The van der Waals surface area contributed by atoms with Crippen LogP contribution in [0.2, 0.25) is 0 Å². The van der Waals surface area contributed by atoms with Crippen LogP contribution in [0, 0.1) is 0 Å². The van der Waals surface area contributed by atoms with Crippen LogP contribution in [-0.2, 0) is 9.53 Å². The molecule has 0 aliphatic carbocycles. The van der Waals surface area contributed by atoms with Crippen LogP contribution in [0.15, 0.2) is 16.8 Å². The van der Waals surface area contributed by atoms with E-state index in [-0.39, 0.29) is 30.1 Å². The molecule has 0 saturated carbocycles. The summed E-state index contributed by atoms with van der Waals surface area (Å²) in [4.78, 5) is 25.5. The first kappa shape index (κ1) is 13.6. The lowest BCUT2D eigenvalue weighted by Crippen LogP contribution is -2.63. The van der Waals surface area contributed by atoms with Crippen LogP contribution in [0.3, 0.4) is 0 Å². The lowest BCUT2D eigenvalue weighted by Gasteiger charge is -2.47. The third kappa shape index (κ3) is 2.33. The van der Waals surface area contributed by atoms with Gasteiger partial charge in [-0.2, -0.15) is 11.3 Å². The van der Waals surface area contributed by atoms with Gasteiger partial charge >= 0.3 is 0 Å². The van der Waals surface area contributed by atoms with E-state index >= 15 is 0 Å². The number of rotatable bonds is 1. The molecular formula is C14H18N2O3S. The van der Waals surface area contributed by atoms with Crippen LogP contribution < -0.4 is 5.32 Å². The van der Waals surface area contributed by atoms with Gasteiger partial charge in [-0.1, -0.05) is 0 Å². The summed E-state index contributed by atoms with van der Waals surface area (Å²) in [6.07, 6.45) is 1.54. The fourth-order valence-corrected chi connectivity index (χ4v) is 3.61. The van der Waals surface area contributed by atoms with Crippen molar-refractivity contribution in [1.29, 1.82) is 0 Å². The molecule has 1 spiro atoms. The van der Waals surface area contributed by atoms with E-state index < -0.39 is 0 Å². The molecule has 0 aromatic carbocycles. The Labute approximate surface area is 121 Å². The van der Waals surface area contributed by atoms with Gasteiger partial charge in [0.25, 0.3) is 5.91 Å². The molecule has 6 heteroatoms. The fraction of sp³-hybridized carbons (Fsp3) is 0.571. The van der Waals surface area contributed by atoms with Crippen molar-refractivity contribution in [3.8, 4) is 0 Å². The molecule has 2 saturated heterocycles. The number of carbonyl (C=O) groups is 2. The van der Waals surface area contributed by atoms with Crippen molar-refractivity contribution < 1.29 is 14.3 Å². The minimum absolute atomic E-state index is 0.00199. The minimum atomic E-state index is -0.306. The van der Waals surface area contributed by atoms with Crippen LogP contribution in [0.4, 0.5) is 0 Å². The van der Waals surface area contributed by atoms with Gasteiger partial charge in [-0.15, -0.1) is 0 Å². The van der Waals surface area contributed by atoms with E-state index in [4.69, 9.17) is 4.74 Å². The standard InChI is InChI=1S/C14H18N2O3S/c1-10-14(19-8-12(17)15-10)3-5-16(6-4-14)13(18)11-2-7-20-9-11/h2,7,9-10H,3-6,8H2,1H3,(H,15,17)/t10-/m0/s1. The largest absolute Gasteiger partial charge is 0.363 e. The second kappa shape index (κ2) is 5.18. The third-order valence-corrected chi connectivity index (χ3v) is 5.01. The van der Waals surface area contributed by atoms with E-state index in [1.807, 2.05) is 28.7 Å². The van der Waals surface area contributed by atoms with Gasteiger partial charge in [0, 0.05) is 18.5 Å². The summed E-state index contributed by atoms with van der Waals surface area (Å²) in [5, 5.41) is 6.74. The summed E-state index contributed by atoms with van der Waals surface area (Å²) in [5.41, 5.74) is 0.455. The number of carbonyl (C=O) groups excluding carboxylic acids is 2. The zero-order valence-corrected chi connectivity index (χ0v) is 12.2. The van der Waals surface area contributed by atoms with Gasteiger partial charge in [0.2, 0.25) is 5.91 Å². The Balaban J connectivity index is 1.65. The van der Waals surface area contributed by atoms with Gasteiger partial charge in [0.1, 0.15) is 6.61 Å². The zero-order chi connectivity index (χ0) is 14.2. The lowest BCUT2D eigenvalue weighted by molar-refractivity contribution is -0.158. The predicted octanol–water partition coefficient (Wildman–Crippen LogP) is 1.26. The van der Waals surface area contributed by atoms with Crippen molar-refractivity contribution in [2.45, 2.75) is 31.4 Å². The van der Waals surface area contributed by atoms with Crippen LogP contribution in [0.25, 0.3) is 0 Å². The molecule has 0 bridgehead atoms. The van der Waals surface area contributed by atoms with Gasteiger partial charge in [0.05, 0.1) is 17.2 Å². The first-order valence-corrected chi connectivity index (χ1v) is 7.80. The molecule has 0 unspecified atom stereocenters.